The zero-order valence-corrected chi connectivity index (χ0v) is 11.9. The first-order chi connectivity index (χ1) is 7.25. The molecule has 2 N–H and O–H groups in total. The van der Waals surface area contributed by atoms with Gasteiger partial charge in [0, 0.05) is 12.2 Å². The molecule has 0 bridgehead atoms. The van der Waals surface area contributed by atoms with Gasteiger partial charge in [0.1, 0.15) is 0 Å². The van der Waals surface area contributed by atoms with Gasteiger partial charge in [0.25, 0.3) is 0 Å². The monoisotopic (exact) mass is 332 g/mol. The lowest BCUT2D eigenvalue weighted by Crippen LogP contribution is -2.37. The average molecular weight is 332 g/mol. The zero-order valence-electron chi connectivity index (χ0n) is 9.53. The van der Waals surface area contributed by atoms with Crippen molar-refractivity contribution in [3.8, 4) is 0 Å². The summed E-state index contributed by atoms with van der Waals surface area (Å²) < 4.78 is 0. The molecule has 1 aliphatic rings. The summed E-state index contributed by atoms with van der Waals surface area (Å²) in [7, 11) is 0. The number of nitrogens with zero attached hydrogens (tertiary/aromatic N) is 2. The van der Waals surface area contributed by atoms with E-state index in [4.69, 9.17) is 0 Å². The average Bonchev–Trinajstić information content (AvgIpc) is 2.63. The fourth-order valence-corrected chi connectivity index (χ4v) is 1.53. The van der Waals surface area contributed by atoms with Gasteiger partial charge < -0.3 is 10.6 Å². The summed E-state index contributed by atoms with van der Waals surface area (Å²) in [5, 5.41) is 6.50. The fraction of sp³-hybridized carbons (Fsp3) is 0.455. The molecular formula is C11H17IN4. The lowest BCUT2D eigenvalue weighted by Gasteiger charge is -2.09. The molecule has 1 aliphatic heterocycles. The van der Waals surface area contributed by atoms with Crippen molar-refractivity contribution in [3.05, 3.63) is 29.6 Å². The lowest BCUT2D eigenvalue weighted by atomic mass is 10.2. The lowest BCUT2D eigenvalue weighted by molar-refractivity contribution is 0.711. The van der Waals surface area contributed by atoms with Gasteiger partial charge >= 0.3 is 0 Å². The van der Waals surface area contributed by atoms with E-state index in [2.05, 4.69) is 40.5 Å². The minimum atomic E-state index is 0. The molecule has 0 saturated heterocycles. The van der Waals surface area contributed by atoms with Crippen LogP contribution >= 0.6 is 24.0 Å². The first-order valence-electron chi connectivity index (χ1n) is 5.21. The number of pyridine rings is 1. The maximum absolute atomic E-state index is 4.33. The van der Waals surface area contributed by atoms with Crippen molar-refractivity contribution in [1.29, 1.82) is 0 Å². The highest BCUT2D eigenvalue weighted by Gasteiger charge is 2.11. The third-order valence-electron chi connectivity index (χ3n) is 2.45. The summed E-state index contributed by atoms with van der Waals surface area (Å²) in [5.41, 5.74) is 2.28. The molecule has 1 aromatic rings. The Balaban J connectivity index is 0.00000128. The van der Waals surface area contributed by atoms with E-state index >= 15 is 0 Å². The van der Waals surface area contributed by atoms with Crippen LogP contribution in [0.25, 0.3) is 0 Å². The molecule has 5 heteroatoms. The molecule has 0 radical (unpaired) electrons. The highest BCUT2D eigenvalue weighted by Crippen LogP contribution is 2.02. The summed E-state index contributed by atoms with van der Waals surface area (Å²) in [4.78, 5) is 8.64. The van der Waals surface area contributed by atoms with Crippen molar-refractivity contribution in [1.82, 2.24) is 15.6 Å². The highest BCUT2D eigenvalue weighted by atomic mass is 127. The van der Waals surface area contributed by atoms with Gasteiger partial charge in [-0.25, -0.2) is 0 Å². The van der Waals surface area contributed by atoms with Crippen molar-refractivity contribution in [2.75, 3.05) is 6.54 Å². The van der Waals surface area contributed by atoms with Crippen molar-refractivity contribution >= 4 is 29.9 Å². The van der Waals surface area contributed by atoms with Crippen LogP contribution < -0.4 is 10.6 Å². The Morgan fingerprint density at radius 3 is 3.00 bits per heavy atom. The number of nitrogens with one attached hydrogen (secondary N) is 2. The fourth-order valence-electron chi connectivity index (χ4n) is 1.53. The Hall–Kier alpha value is -0.850. The van der Waals surface area contributed by atoms with E-state index in [-0.39, 0.29) is 24.0 Å². The van der Waals surface area contributed by atoms with E-state index in [1.54, 1.807) is 0 Å². The molecule has 1 atom stereocenters. The summed E-state index contributed by atoms with van der Waals surface area (Å²) in [6, 6.07) is 4.46. The Morgan fingerprint density at radius 2 is 2.38 bits per heavy atom. The predicted molar refractivity (Wildman–Crippen MR) is 76.1 cm³/mol. The second-order valence-corrected chi connectivity index (χ2v) is 3.86. The Morgan fingerprint density at radius 1 is 1.56 bits per heavy atom. The summed E-state index contributed by atoms with van der Waals surface area (Å²) >= 11 is 0. The van der Waals surface area contributed by atoms with Crippen molar-refractivity contribution in [3.63, 3.8) is 0 Å². The molecule has 2 heterocycles. The van der Waals surface area contributed by atoms with Gasteiger partial charge in [-0.15, -0.1) is 24.0 Å². The van der Waals surface area contributed by atoms with Gasteiger partial charge in [-0.2, -0.15) is 0 Å². The van der Waals surface area contributed by atoms with E-state index in [1.807, 2.05) is 12.3 Å². The van der Waals surface area contributed by atoms with Crippen LogP contribution in [-0.2, 0) is 6.54 Å². The molecule has 1 aromatic heterocycles. The molecule has 1 unspecified atom stereocenters. The second kappa shape index (κ2) is 6.03. The smallest absolute Gasteiger partial charge is 0.191 e. The standard InChI is InChI=1S/C11H16N4.HI/c1-8-4-3-5-12-10(8)7-14-11-13-6-9(2)15-11;/h3-5,9H,6-7H2,1-2H3,(H2,13,14,15);1H. The van der Waals surface area contributed by atoms with Gasteiger partial charge in [-0.3, -0.25) is 9.98 Å². The van der Waals surface area contributed by atoms with Crippen molar-refractivity contribution < 1.29 is 0 Å². The summed E-state index contributed by atoms with van der Waals surface area (Å²) in [5.74, 6) is 0.882. The molecule has 2 rings (SSSR count). The number of aliphatic imine (C=N–C) groups is 1. The number of hydrogen-bond acceptors (Lipinski definition) is 4. The van der Waals surface area contributed by atoms with E-state index in [9.17, 15) is 0 Å². The highest BCUT2D eigenvalue weighted by molar-refractivity contribution is 14.0. The Kier molecular flexibility index (Phi) is 4.98. The molecule has 0 saturated carbocycles. The van der Waals surface area contributed by atoms with Gasteiger partial charge in [0.15, 0.2) is 5.96 Å². The number of rotatable bonds is 2. The van der Waals surface area contributed by atoms with Gasteiger partial charge in [-0.05, 0) is 25.5 Å². The maximum Gasteiger partial charge on any atom is 0.191 e. The quantitative estimate of drug-likeness (QED) is 0.806. The SMILES string of the molecule is Cc1cccnc1CNC1=NCC(C)N1.I. The van der Waals surface area contributed by atoms with Crippen LogP contribution in [-0.4, -0.2) is 23.5 Å². The molecule has 0 aliphatic carbocycles. The van der Waals surface area contributed by atoms with Gasteiger partial charge in [0.05, 0.1) is 18.8 Å². The number of hydrogen-bond donors (Lipinski definition) is 2. The molecular weight excluding hydrogens is 315 g/mol. The molecule has 0 amide bonds. The topological polar surface area (TPSA) is 49.3 Å². The number of guanidine groups is 1. The van der Waals surface area contributed by atoms with Crippen LogP contribution in [0.5, 0.6) is 0 Å². The van der Waals surface area contributed by atoms with Crippen LogP contribution in [0.4, 0.5) is 0 Å². The Labute approximate surface area is 113 Å². The summed E-state index contributed by atoms with van der Waals surface area (Å²) in [6.07, 6.45) is 1.82. The first kappa shape index (κ1) is 13.2. The minimum absolute atomic E-state index is 0. The molecule has 0 fully saturated rings. The van der Waals surface area contributed by atoms with E-state index in [1.165, 1.54) is 5.56 Å². The largest absolute Gasteiger partial charge is 0.352 e. The van der Waals surface area contributed by atoms with E-state index < -0.39 is 0 Å². The Bertz CT molecular complexity index is 378. The maximum atomic E-state index is 4.33. The first-order valence-corrected chi connectivity index (χ1v) is 5.21. The van der Waals surface area contributed by atoms with Crippen LogP contribution in [0.3, 0.4) is 0 Å². The second-order valence-electron chi connectivity index (χ2n) is 3.86. The van der Waals surface area contributed by atoms with Crippen LogP contribution in [0.1, 0.15) is 18.2 Å². The van der Waals surface area contributed by atoms with E-state index in [0.29, 0.717) is 6.04 Å². The van der Waals surface area contributed by atoms with Gasteiger partial charge in [-0.1, -0.05) is 6.07 Å². The molecule has 0 spiro atoms. The van der Waals surface area contributed by atoms with Crippen molar-refractivity contribution in [2.24, 2.45) is 4.99 Å². The molecule has 0 aromatic carbocycles. The third kappa shape index (κ3) is 3.33. The minimum Gasteiger partial charge on any atom is -0.352 e. The predicted octanol–water partition coefficient (Wildman–Crippen LogP) is 1.45. The number of aromatic nitrogens is 1. The third-order valence-corrected chi connectivity index (χ3v) is 2.45. The summed E-state index contributed by atoms with van der Waals surface area (Å²) in [6.45, 7) is 5.76. The molecule has 88 valence electrons. The van der Waals surface area contributed by atoms with E-state index in [0.717, 1.165) is 24.7 Å². The molecule has 4 nitrogen and oxygen atoms in total. The van der Waals surface area contributed by atoms with Crippen molar-refractivity contribution in [2.45, 2.75) is 26.4 Å². The number of aryl methyl sites for hydroxylation is 1. The van der Waals surface area contributed by atoms with Crippen LogP contribution in [0.2, 0.25) is 0 Å². The number of halogens is 1. The van der Waals surface area contributed by atoms with Gasteiger partial charge in [0.2, 0.25) is 0 Å². The van der Waals surface area contributed by atoms with Crippen LogP contribution in [0.15, 0.2) is 23.3 Å². The molecule has 16 heavy (non-hydrogen) atoms. The zero-order chi connectivity index (χ0) is 10.7. The normalized spacial score (nSPS) is 18.4. The van der Waals surface area contributed by atoms with Crippen LogP contribution in [0, 0.1) is 6.92 Å².